The molecule has 1 aliphatic rings. The van der Waals surface area contributed by atoms with Crippen LogP contribution in [0.3, 0.4) is 0 Å². The van der Waals surface area contributed by atoms with Crippen LogP contribution in [0.1, 0.15) is 59.3 Å². The third-order valence-electron chi connectivity index (χ3n) is 4.24. The Hall–Kier alpha value is -1.26. The molecule has 5 heteroatoms. The molecule has 0 aromatic carbocycles. The Morgan fingerprint density at radius 2 is 1.86 bits per heavy atom. The minimum absolute atomic E-state index is 0.128. The Morgan fingerprint density at radius 3 is 2.38 bits per heavy atom. The van der Waals surface area contributed by atoms with E-state index in [-0.39, 0.29) is 12.6 Å². The number of hydrogen-bond acceptors (Lipinski definition) is 2. The van der Waals surface area contributed by atoms with Crippen LogP contribution in [0.4, 0.5) is 4.79 Å². The van der Waals surface area contributed by atoms with E-state index in [9.17, 15) is 9.59 Å². The fourth-order valence-corrected chi connectivity index (χ4v) is 2.71. The zero-order valence-corrected chi connectivity index (χ0v) is 13.7. The lowest BCUT2D eigenvalue weighted by molar-refractivity contribution is -0.146. The fraction of sp³-hybridized carbons (Fsp3) is 0.875. The summed E-state index contributed by atoms with van der Waals surface area (Å²) in [4.78, 5) is 25.2. The van der Waals surface area contributed by atoms with Crippen LogP contribution in [0.15, 0.2) is 0 Å². The van der Waals surface area contributed by atoms with Crippen molar-refractivity contribution in [2.75, 3.05) is 19.6 Å². The molecule has 0 aromatic rings. The lowest BCUT2D eigenvalue weighted by Crippen LogP contribution is -2.47. The Balaban J connectivity index is 2.50. The highest BCUT2D eigenvalue weighted by Crippen LogP contribution is 2.24. The van der Waals surface area contributed by atoms with Gasteiger partial charge >= 0.3 is 12.0 Å². The highest BCUT2D eigenvalue weighted by molar-refractivity contribution is 5.77. The van der Waals surface area contributed by atoms with Crippen LogP contribution < -0.4 is 5.32 Å². The first kappa shape index (κ1) is 17.8. The molecule has 5 nitrogen and oxygen atoms in total. The molecule has 1 fully saturated rings. The number of urea groups is 1. The van der Waals surface area contributed by atoms with Gasteiger partial charge in [-0.05, 0) is 39.0 Å². The average molecular weight is 298 g/mol. The van der Waals surface area contributed by atoms with E-state index in [0.717, 1.165) is 19.5 Å². The number of carboxylic acid groups (broad SMARTS) is 1. The summed E-state index contributed by atoms with van der Waals surface area (Å²) >= 11 is 0. The molecule has 0 aromatic heterocycles. The highest BCUT2D eigenvalue weighted by Gasteiger charge is 2.29. The number of amides is 2. The molecular formula is C16H30N2O3. The SMILES string of the molecule is CCCN(CC1CCCCC1)C(=O)NCC(C)(C)C(=O)O. The minimum Gasteiger partial charge on any atom is -0.481 e. The Morgan fingerprint density at radius 1 is 1.24 bits per heavy atom. The lowest BCUT2D eigenvalue weighted by atomic mass is 9.89. The first-order valence-corrected chi connectivity index (χ1v) is 8.13. The van der Waals surface area contributed by atoms with E-state index in [2.05, 4.69) is 12.2 Å². The van der Waals surface area contributed by atoms with Gasteiger partial charge in [-0.1, -0.05) is 26.2 Å². The van der Waals surface area contributed by atoms with Crippen molar-refractivity contribution in [3.05, 3.63) is 0 Å². The van der Waals surface area contributed by atoms with Crippen molar-refractivity contribution in [1.82, 2.24) is 10.2 Å². The first-order chi connectivity index (χ1) is 9.86. The topological polar surface area (TPSA) is 69.6 Å². The number of carboxylic acids is 1. The number of nitrogens with zero attached hydrogens (tertiary/aromatic N) is 1. The predicted octanol–water partition coefficient (Wildman–Crippen LogP) is 3.10. The molecule has 0 spiro atoms. The molecule has 122 valence electrons. The monoisotopic (exact) mass is 298 g/mol. The number of hydrogen-bond donors (Lipinski definition) is 2. The summed E-state index contributed by atoms with van der Waals surface area (Å²) in [6.07, 6.45) is 7.16. The van der Waals surface area contributed by atoms with Crippen molar-refractivity contribution in [3.63, 3.8) is 0 Å². The van der Waals surface area contributed by atoms with Gasteiger partial charge in [-0.2, -0.15) is 0 Å². The van der Waals surface area contributed by atoms with Gasteiger partial charge in [0, 0.05) is 19.6 Å². The molecule has 1 saturated carbocycles. The van der Waals surface area contributed by atoms with Gasteiger partial charge in [-0.3, -0.25) is 4.79 Å². The maximum absolute atomic E-state index is 12.3. The molecule has 2 amide bonds. The number of carbonyl (C=O) groups excluding carboxylic acids is 1. The molecule has 0 saturated heterocycles. The fourth-order valence-electron chi connectivity index (χ4n) is 2.71. The maximum Gasteiger partial charge on any atom is 0.317 e. The molecule has 1 rings (SSSR count). The van der Waals surface area contributed by atoms with E-state index in [1.54, 1.807) is 13.8 Å². The van der Waals surface area contributed by atoms with E-state index < -0.39 is 11.4 Å². The number of rotatable bonds is 7. The van der Waals surface area contributed by atoms with E-state index in [1.165, 1.54) is 32.1 Å². The highest BCUT2D eigenvalue weighted by atomic mass is 16.4. The van der Waals surface area contributed by atoms with Crippen molar-refractivity contribution >= 4 is 12.0 Å². The van der Waals surface area contributed by atoms with Gasteiger partial charge in [0.1, 0.15) is 0 Å². The molecule has 0 aliphatic heterocycles. The van der Waals surface area contributed by atoms with Crippen molar-refractivity contribution in [2.24, 2.45) is 11.3 Å². The van der Waals surface area contributed by atoms with Crippen LogP contribution in [-0.4, -0.2) is 41.6 Å². The molecule has 21 heavy (non-hydrogen) atoms. The second kappa shape index (κ2) is 8.25. The van der Waals surface area contributed by atoms with Gasteiger partial charge in [0.05, 0.1) is 5.41 Å². The largest absolute Gasteiger partial charge is 0.481 e. The van der Waals surface area contributed by atoms with Crippen LogP contribution in [-0.2, 0) is 4.79 Å². The lowest BCUT2D eigenvalue weighted by Gasteiger charge is -2.30. The van der Waals surface area contributed by atoms with Gasteiger partial charge in [-0.15, -0.1) is 0 Å². The third-order valence-corrected chi connectivity index (χ3v) is 4.24. The first-order valence-electron chi connectivity index (χ1n) is 8.13. The summed E-state index contributed by atoms with van der Waals surface area (Å²) in [5.41, 5.74) is -0.932. The molecular weight excluding hydrogens is 268 g/mol. The third kappa shape index (κ3) is 5.94. The number of aliphatic carboxylic acids is 1. The van der Waals surface area contributed by atoms with Gasteiger partial charge in [0.25, 0.3) is 0 Å². The van der Waals surface area contributed by atoms with Crippen LogP contribution in [0, 0.1) is 11.3 Å². The number of carbonyl (C=O) groups is 2. The van der Waals surface area contributed by atoms with Crippen LogP contribution in [0.2, 0.25) is 0 Å². The number of nitrogens with one attached hydrogen (secondary N) is 1. The average Bonchev–Trinajstić information content (AvgIpc) is 2.45. The van der Waals surface area contributed by atoms with Crippen LogP contribution in [0.25, 0.3) is 0 Å². The maximum atomic E-state index is 12.3. The summed E-state index contributed by atoms with van der Waals surface area (Å²) in [6, 6.07) is -0.128. The summed E-state index contributed by atoms with van der Waals surface area (Å²) in [5.74, 6) is -0.291. The Kier molecular flexibility index (Phi) is 6.99. The zero-order chi connectivity index (χ0) is 15.9. The van der Waals surface area contributed by atoms with Crippen molar-refractivity contribution in [1.29, 1.82) is 0 Å². The molecule has 0 bridgehead atoms. The predicted molar refractivity (Wildman–Crippen MR) is 83.3 cm³/mol. The summed E-state index contributed by atoms with van der Waals surface area (Å²) < 4.78 is 0. The van der Waals surface area contributed by atoms with Crippen molar-refractivity contribution < 1.29 is 14.7 Å². The normalized spacial score (nSPS) is 16.5. The van der Waals surface area contributed by atoms with Crippen molar-refractivity contribution in [2.45, 2.75) is 59.3 Å². The van der Waals surface area contributed by atoms with E-state index in [4.69, 9.17) is 5.11 Å². The van der Waals surface area contributed by atoms with E-state index in [0.29, 0.717) is 5.92 Å². The Bertz CT molecular complexity index is 349. The second-order valence-corrected chi connectivity index (χ2v) is 6.80. The molecule has 0 heterocycles. The van der Waals surface area contributed by atoms with Gasteiger partial charge in [0.15, 0.2) is 0 Å². The minimum atomic E-state index is -0.932. The van der Waals surface area contributed by atoms with Crippen LogP contribution in [0.5, 0.6) is 0 Å². The molecule has 1 aliphatic carbocycles. The summed E-state index contributed by atoms with van der Waals surface area (Å²) in [6.45, 7) is 7.00. The van der Waals surface area contributed by atoms with Crippen LogP contribution >= 0.6 is 0 Å². The second-order valence-electron chi connectivity index (χ2n) is 6.80. The zero-order valence-electron chi connectivity index (χ0n) is 13.7. The summed E-state index contributed by atoms with van der Waals surface area (Å²) in [7, 11) is 0. The van der Waals surface area contributed by atoms with Crippen molar-refractivity contribution in [3.8, 4) is 0 Å². The van der Waals surface area contributed by atoms with Gasteiger partial charge in [-0.25, -0.2) is 4.79 Å². The molecule has 0 unspecified atom stereocenters. The summed E-state index contributed by atoms with van der Waals surface area (Å²) in [5, 5.41) is 11.9. The molecule has 2 N–H and O–H groups in total. The van der Waals surface area contributed by atoms with Gasteiger partial charge in [0.2, 0.25) is 0 Å². The van der Waals surface area contributed by atoms with E-state index in [1.807, 2.05) is 4.90 Å². The molecule has 0 radical (unpaired) electrons. The smallest absolute Gasteiger partial charge is 0.317 e. The molecule has 0 atom stereocenters. The standard InChI is InChI=1S/C16H30N2O3/c1-4-10-18(11-13-8-6-5-7-9-13)15(21)17-12-16(2,3)14(19)20/h13H,4-12H2,1-3H3,(H,17,21)(H,19,20). The Labute approximate surface area is 128 Å². The van der Waals surface area contributed by atoms with E-state index >= 15 is 0 Å². The quantitative estimate of drug-likeness (QED) is 0.758. The van der Waals surface area contributed by atoms with Gasteiger partial charge < -0.3 is 15.3 Å².